The van der Waals surface area contributed by atoms with Gasteiger partial charge in [-0.05, 0) is 54.8 Å². The highest BCUT2D eigenvalue weighted by molar-refractivity contribution is 6.03. The molecule has 1 aromatic heterocycles. The van der Waals surface area contributed by atoms with Gasteiger partial charge in [-0.25, -0.2) is 0 Å². The molecule has 0 fully saturated rings. The molecule has 0 aliphatic rings. The molecule has 2 aromatic carbocycles. The fourth-order valence-electron chi connectivity index (χ4n) is 5.73. The van der Waals surface area contributed by atoms with Crippen LogP contribution in [0, 0.1) is 6.92 Å². The minimum absolute atomic E-state index is 0. The summed E-state index contributed by atoms with van der Waals surface area (Å²) in [5, 5.41) is 0. The van der Waals surface area contributed by atoms with Crippen LogP contribution in [0.25, 0.3) is 0 Å². The van der Waals surface area contributed by atoms with E-state index in [4.69, 9.17) is 4.74 Å². The zero-order chi connectivity index (χ0) is 30.5. The molecular weight excluding hydrogens is 655 g/mol. The summed E-state index contributed by atoms with van der Waals surface area (Å²) in [6.07, 6.45) is 22.0. The number of pyridine rings is 1. The molecule has 0 unspecified atom stereocenters. The molecule has 0 saturated carbocycles. The number of ether oxygens (including phenoxy) is 1. The molecule has 0 N–H and O–H groups in total. The summed E-state index contributed by atoms with van der Waals surface area (Å²) in [7, 11) is 0. The third-order valence-electron chi connectivity index (χ3n) is 8.35. The van der Waals surface area contributed by atoms with Crippen LogP contribution in [0.3, 0.4) is 0 Å². The van der Waals surface area contributed by atoms with E-state index in [1.807, 2.05) is 59.6 Å². The van der Waals surface area contributed by atoms with Gasteiger partial charge in [0.2, 0.25) is 0 Å². The number of aromatic nitrogens is 1. The Bertz CT molecular complexity index is 1180. The predicted octanol–water partition coefficient (Wildman–Crippen LogP) is 7.40. The first-order valence-electron chi connectivity index (χ1n) is 17.2. The quantitative estimate of drug-likeness (QED) is 0.0619. The van der Waals surface area contributed by atoms with Crippen LogP contribution in [0.2, 0.25) is 0 Å². The number of rotatable bonds is 22. The highest BCUT2D eigenvalue weighted by Gasteiger charge is 2.26. The van der Waals surface area contributed by atoms with Crippen molar-refractivity contribution in [2.24, 2.45) is 0 Å². The number of hydrogen-bond donors (Lipinski definition) is 0. The maximum absolute atomic E-state index is 13.9. The lowest BCUT2D eigenvalue weighted by atomic mass is 10.0. The Balaban J connectivity index is 0.00000675. The first-order valence-corrected chi connectivity index (χ1v) is 17.2. The summed E-state index contributed by atoms with van der Waals surface area (Å²) in [4.78, 5) is 15.8. The van der Waals surface area contributed by atoms with E-state index in [1.165, 1.54) is 83.5 Å². The van der Waals surface area contributed by atoms with E-state index >= 15 is 0 Å². The van der Waals surface area contributed by atoms with Crippen molar-refractivity contribution in [2.75, 3.05) is 11.5 Å². The van der Waals surface area contributed by atoms with Gasteiger partial charge < -0.3 is 28.7 Å². The monoisotopic (exact) mass is 712 g/mol. The van der Waals surface area contributed by atoms with E-state index < -0.39 is 0 Å². The first kappa shape index (κ1) is 37.8. The minimum atomic E-state index is 0. The molecule has 5 heteroatoms. The van der Waals surface area contributed by atoms with Crippen molar-refractivity contribution in [1.82, 2.24) is 0 Å². The number of anilines is 1. The van der Waals surface area contributed by atoms with Gasteiger partial charge in [-0.15, -0.1) is 0 Å². The van der Waals surface area contributed by atoms with Crippen LogP contribution in [0.1, 0.15) is 132 Å². The molecule has 0 saturated heterocycles. The smallest absolute Gasteiger partial charge is 0.323 e. The Morgan fingerprint density at radius 3 is 1.89 bits per heavy atom. The van der Waals surface area contributed by atoms with E-state index in [0.717, 1.165) is 48.6 Å². The standard InChI is InChI=1S/C39H57N2O2.HI/c1-4-6-7-8-9-10-11-12-13-14-15-16-17-23-31-43-37-28-27-35(34(3)32-37)33-41(36-24-19-18-20-25-36)39(42)38-26-21-22-30-40(38)29-5-2;/h18-22,24-28,30,32H,4-17,23,29,31,33H2,1-3H3;1H/q+1;/p-1. The third kappa shape index (κ3) is 13.7. The number of carbonyl (C=O) groups is 1. The molecule has 0 aliphatic carbocycles. The topological polar surface area (TPSA) is 33.4 Å². The molecule has 0 aliphatic heterocycles. The summed E-state index contributed by atoms with van der Waals surface area (Å²) in [5.41, 5.74) is 3.87. The normalized spacial score (nSPS) is 10.8. The van der Waals surface area contributed by atoms with Gasteiger partial charge in [0.15, 0.2) is 6.20 Å². The van der Waals surface area contributed by atoms with Crippen molar-refractivity contribution in [3.8, 4) is 5.75 Å². The zero-order valence-corrected chi connectivity index (χ0v) is 29.9. The molecule has 0 bridgehead atoms. The van der Waals surface area contributed by atoms with Gasteiger partial charge in [-0.1, -0.05) is 122 Å². The summed E-state index contributed by atoms with van der Waals surface area (Å²) in [5.74, 6) is 0.926. The number of halogens is 1. The molecule has 3 aromatic rings. The first-order chi connectivity index (χ1) is 21.1. The van der Waals surface area contributed by atoms with Crippen molar-refractivity contribution in [1.29, 1.82) is 0 Å². The molecule has 1 heterocycles. The number of amides is 1. The van der Waals surface area contributed by atoms with Gasteiger partial charge in [0.25, 0.3) is 5.69 Å². The predicted molar refractivity (Wildman–Crippen MR) is 181 cm³/mol. The fourth-order valence-corrected chi connectivity index (χ4v) is 5.73. The van der Waals surface area contributed by atoms with Crippen LogP contribution >= 0.6 is 0 Å². The lowest BCUT2D eigenvalue weighted by molar-refractivity contribution is -0.698. The molecule has 0 radical (unpaired) electrons. The van der Waals surface area contributed by atoms with Gasteiger partial charge in [0.05, 0.1) is 13.2 Å². The lowest BCUT2D eigenvalue weighted by Crippen LogP contribution is -3.00. The van der Waals surface area contributed by atoms with Crippen LogP contribution < -0.4 is 38.2 Å². The average Bonchev–Trinajstić information content (AvgIpc) is 3.03. The van der Waals surface area contributed by atoms with Crippen LogP contribution in [-0.4, -0.2) is 12.5 Å². The highest BCUT2D eigenvalue weighted by atomic mass is 127. The highest BCUT2D eigenvalue weighted by Crippen LogP contribution is 2.24. The van der Waals surface area contributed by atoms with E-state index in [2.05, 4.69) is 43.5 Å². The van der Waals surface area contributed by atoms with E-state index in [0.29, 0.717) is 12.2 Å². The molecule has 1 amide bonds. The average molecular weight is 713 g/mol. The van der Waals surface area contributed by atoms with Crippen LogP contribution in [0.15, 0.2) is 72.9 Å². The summed E-state index contributed by atoms with van der Waals surface area (Å²) in [6.45, 7) is 8.62. The van der Waals surface area contributed by atoms with Gasteiger partial charge in [0, 0.05) is 24.2 Å². The molecule has 242 valence electrons. The van der Waals surface area contributed by atoms with Crippen LogP contribution in [0.4, 0.5) is 5.69 Å². The molecule has 3 rings (SSSR count). The number of unbranched alkanes of at least 4 members (excludes halogenated alkanes) is 13. The molecule has 0 spiro atoms. The van der Waals surface area contributed by atoms with Crippen molar-refractivity contribution in [3.05, 3.63) is 89.7 Å². The number of nitrogens with zero attached hydrogens (tertiary/aromatic N) is 2. The van der Waals surface area contributed by atoms with E-state index in [9.17, 15) is 4.79 Å². The number of para-hydroxylation sites is 1. The summed E-state index contributed by atoms with van der Waals surface area (Å²) >= 11 is 0. The Morgan fingerprint density at radius 2 is 1.30 bits per heavy atom. The molecule has 0 atom stereocenters. The molecular formula is C39H57IN2O2. The summed E-state index contributed by atoms with van der Waals surface area (Å²) < 4.78 is 8.17. The second-order valence-electron chi connectivity index (χ2n) is 12.0. The second-order valence-corrected chi connectivity index (χ2v) is 12.0. The number of hydrogen-bond acceptors (Lipinski definition) is 2. The van der Waals surface area contributed by atoms with Crippen molar-refractivity contribution >= 4 is 11.6 Å². The van der Waals surface area contributed by atoms with E-state index in [-0.39, 0.29) is 29.9 Å². The molecule has 4 nitrogen and oxygen atoms in total. The van der Waals surface area contributed by atoms with Crippen molar-refractivity contribution < 1.29 is 38.1 Å². The van der Waals surface area contributed by atoms with Crippen molar-refractivity contribution in [2.45, 2.75) is 130 Å². The maximum atomic E-state index is 13.9. The van der Waals surface area contributed by atoms with Gasteiger partial charge in [-0.2, -0.15) is 4.57 Å². The largest absolute Gasteiger partial charge is 1.00 e. The summed E-state index contributed by atoms with van der Waals surface area (Å²) in [6, 6.07) is 22.1. The van der Waals surface area contributed by atoms with Gasteiger partial charge in [0.1, 0.15) is 12.3 Å². The minimum Gasteiger partial charge on any atom is -1.00 e. The number of benzene rings is 2. The van der Waals surface area contributed by atoms with Crippen LogP contribution in [-0.2, 0) is 13.1 Å². The SMILES string of the molecule is CCCCCCCCCCCCCCCCOc1ccc(CN(C(=O)c2cccc[n+]2CCC)c2ccccc2)c(C)c1.[I-]. The van der Waals surface area contributed by atoms with E-state index in [1.54, 1.807) is 0 Å². The van der Waals surface area contributed by atoms with Crippen molar-refractivity contribution in [3.63, 3.8) is 0 Å². The maximum Gasteiger partial charge on any atom is 0.323 e. The third-order valence-corrected chi connectivity index (χ3v) is 8.35. The lowest BCUT2D eigenvalue weighted by Gasteiger charge is -2.23. The Labute approximate surface area is 285 Å². The zero-order valence-electron chi connectivity index (χ0n) is 27.7. The fraction of sp³-hybridized carbons (Fsp3) is 0.538. The Kier molecular flexibility index (Phi) is 19.7. The number of carbonyl (C=O) groups excluding carboxylic acids is 1. The van der Waals surface area contributed by atoms with Gasteiger partial charge in [-0.3, -0.25) is 9.69 Å². The Morgan fingerprint density at radius 1 is 0.705 bits per heavy atom. The van der Waals surface area contributed by atoms with Crippen LogP contribution in [0.5, 0.6) is 5.75 Å². The van der Waals surface area contributed by atoms with Gasteiger partial charge >= 0.3 is 5.91 Å². The second kappa shape index (κ2) is 23.0. The number of aryl methyl sites for hydroxylation is 2. The Hall–Kier alpha value is -2.41. The molecule has 44 heavy (non-hydrogen) atoms.